The third-order valence-corrected chi connectivity index (χ3v) is 2.56. The fourth-order valence-corrected chi connectivity index (χ4v) is 1.54. The molecule has 1 fully saturated rings. The first-order chi connectivity index (χ1) is 6.39. The van der Waals surface area contributed by atoms with Gasteiger partial charge in [-0.3, -0.25) is 0 Å². The molecule has 14 heavy (non-hydrogen) atoms. The van der Waals surface area contributed by atoms with Gasteiger partial charge in [0.05, 0.1) is 5.54 Å². The third kappa shape index (κ3) is 1.98. The largest absolute Gasteiger partial charge is 0.361 e. The topological polar surface area (TPSA) is 52.0 Å². The van der Waals surface area contributed by atoms with Crippen molar-refractivity contribution in [2.75, 3.05) is 0 Å². The van der Waals surface area contributed by atoms with E-state index in [0.29, 0.717) is 0 Å². The summed E-state index contributed by atoms with van der Waals surface area (Å²) in [6.45, 7) is 6.56. The van der Waals surface area contributed by atoms with Crippen LogP contribution in [0.4, 0.5) is 0 Å². The van der Waals surface area contributed by atoms with Crippen LogP contribution >= 0.6 is 0 Å². The van der Waals surface area contributed by atoms with Crippen LogP contribution in [0.5, 0.6) is 0 Å². The molecule has 0 amide bonds. The Morgan fingerprint density at radius 3 is 2.64 bits per heavy atom. The van der Waals surface area contributed by atoms with E-state index in [1.54, 1.807) is 0 Å². The van der Waals surface area contributed by atoms with Crippen LogP contribution < -0.4 is 5.73 Å². The molecule has 3 nitrogen and oxygen atoms in total. The van der Waals surface area contributed by atoms with Crippen LogP contribution in [0.1, 0.15) is 45.1 Å². The summed E-state index contributed by atoms with van der Waals surface area (Å²) in [6.07, 6.45) is 2.99. The molecule has 0 unspecified atom stereocenters. The summed E-state index contributed by atoms with van der Waals surface area (Å²) < 4.78 is 5.28. The smallest absolute Gasteiger partial charge is 0.137 e. The highest BCUT2D eigenvalue weighted by atomic mass is 16.5. The maximum absolute atomic E-state index is 6.02. The Hall–Kier alpha value is -0.830. The zero-order valence-corrected chi connectivity index (χ0v) is 9.13. The van der Waals surface area contributed by atoms with Crippen molar-refractivity contribution in [3.63, 3.8) is 0 Å². The fourth-order valence-electron chi connectivity index (χ4n) is 1.54. The Kier molecular flexibility index (Phi) is 1.96. The Morgan fingerprint density at radius 1 is 1.50 bits per heavy atom. The molecule has 2 N–H and O–H groups in total. The standard InChI is InChI=1S/C11H18N2O/c1-10(2,3)7-8-6-9(13-14-8)11(12)4-5-11/h6H,4-5,7,12H2,1-3H3. The van der Waals surface area contributed by atoms with Crippen LogP contribution in [-0.4, -0.2) is 5.16 Å². The van der Waals surface area contributed by atoms with Crippen molar-refractivity contribution in [3.8, 4) is 0 Å². The van der Waals surface area contributed by atoms with Gasteiger partial charge in [0.25, 0.3) is 0 Å². The molecule has 0 saturated heterocycles. The number of nitrogens with two attached hydrogens (primary N) is 1. The van der Waals surface area contributed by atoms with Gasteiger partial charge in [0.1, 0.15) is 11.5 Å². The highest BCUT2D eigenvalue weighted by Gasteiger charge is 2.43. The van der Waals surface area contributed by atoms with Crippen molar-refractivity contribution in [2.24, 2.45) is 11.1 Å². The second-order valence-corrected chi connectivity index (χ2v) is 5.57. The van der Waals surface area contributed by atoms with Crippen molar-refractivity contribution in [3.05, 3.63) is 17.5 Å². The summed E-state index contributed by atoms with van der Waals surface area (Å²) in [4.78, 5) is 0. The number of aromatic nitrogens is 1. The van der Waals surface area contributed by atoms with E-state index in [4.69, 9.17) is 10.3 Å². The second-order valence-electron chi connectivity index (χ2n) is 5.57. The predicted octanol–water partition coefficient (Wildman–Crippen LogP) is 2.21. The summed E-state index contributed by atoms with van der Waals surface area (Å²) in [6, 6.07) is 2.01. The summed E-state index contributed by atoms with van der Waals surface area (Å²) in [7, 11) is 0. The minimum absolute atomic E-state index is 0.167. The molecular weight excluding hydrogens is 176 g/mol. The van der Waals surface area contributed by atoms with Crippen molar-refractivity contribution in [1.82, 2.24) is 5.16 Å². The van der Waals surface area contributed by atoms with E-state index in [1.807, 2.05) is 6.07 Å². The van der Waals surface area contributed by atoms with Crippen LogP contribution in [0.25, 0.3) is 0 Å². The first-order valence-electron chi connectivity index (χ1n) is 5.14. The molecular formula is C11H18N2O. The van der Waals surface area contributed by atoms with E-state index in [1.165, 1.54) is 0 Å². The molecule has 2 rings (SSSR count). The molecule has 1 heterocycles. The van der Waals surface area contributed by atoms with Crippen LogP contribution in [-0.2, 0) is 12.0 Å². The lowest BCUT2D eigenvalue weighted by atomic mass is 9.91. The van der Waals surface area contributed by atoms with Crippen LogP contribution in [0.3, 0.4) is 0 Å². The van der Waals surface area contributed by atoms with Crippen molar-refractivity contribution in [1.29, 1.82) is 0 Å². The van der Waals surface area contributed by atoms with Gasteiger partial charge in [-0.1, -0.05) is 25.9 Å². The first kappa shape index (κ1) is 9.71. The van der Waals surface area contributed by atoms with Gasteiger partial charge in [0.2, 0.25) is 0 Å². The molecule has 0 aliphatic heterocycles. The number of hydrogen-bond donors (Lipinski definition) is 1. The van der Waals surface area contributed by atoms with E-state index >= 15 is 0 Å². The zero-order valence-electron chi connectivity index (χ0n) is 9.13. The molecule has 1 aliphatic rings. The van der Waals surface area contributed by atoms with E-state index in [-0.39, 0.29) is 11.0 Å². The average molecular weight is 194 g/mol. The Balaban J connectivity index is 2.11. The number of hydrogen-bond acceptors (Lipinski definition) is 3. The average Bonchev–Trinajstić information content (AvgIpc) is 2.60. The van der Waals surface area contributed by atoms with Crippen LogP contribution in [0.15, 0.2) is 10.6 Å². The fraction of sp³-hybridized carbons (Fsp3) is 0.727. The van der Waals surface area contributed by atoms with Gasteiger partial charge in [0.15, 0.2) is 0 Å². The van der Waals surface area contributed by atoms with Gasteiger partial charge in [-0.05, 0) is 18.3 Å². The monoisotopic (exact) mass is 194 g/mol. The normalized spacial score (nSPS) is 19.7. The van der Waals surface area contributed by atoms with E-state index in [2.05, 4.69) is 25.9 Å². The van der Waals surface area contributed by atoms with Crippen LogP contribution in [0.2, 0.25) is 0 Å². The molecule has 78 valence electrons. The lowest BCUT2D eigenvalue weighted by molar-refractivity contribution is 0.316. The maximum Gasteiger partial charge on any atom is 0.137 e. The molecule has 0 atom stereocenters. The summed E-state index contributed by atoms with van der Waals surface area (Å²) >= 11 is 0. The number of rotatable bonds is 2. The van der Waals surface area contributed by atoms with E-state index in [0.717, 1.165) is 30.7 Å². The molecule has 0 spiro atoms. The van der Waals surface area contributed by atoms with E-state index < -0.39 is 0 Å². The zero-order chi connectivity index (χ0) is 10.4. The molecule has 3 heteroatoms. The summed E-state index contributed by atoms with van der Waals surface area (Å²) in [5.41, 5.74) is 7.02. The SMILES string of the molecule is CC(C)(C)Cc1cc(C2(N)CC2)no1. The van der Waals surface area contributed by atoms with Gasteiger partial charge >= 0.3 is 0 Å². The van der Waals surface area contributed by atoms with E-state index in [9.17, 15) is 0 Å². The first-order valence-corrected chi connectivity index (χ1v) is 5.14. The van der Waals surface area contributed by atoms with Crippen molar-refractivity contribution >= 4 is 0 Å². The quantitative estimate of drug-likeness (QED) is 0.785. The van der Waals surface area contributed by atoms with Crippen LogP contribution in [0, 0.1) is 5.41 Å². The lowest BCUT2D eigenvalue weighted by Crippen LogP contribution is -2.18. The lowest BCUT2D eigenvalue weighted by Gasteiger charge is -2.14. The van der Waals surface area contributed by atoms with Gasteiger partial charge in [-0.25, -0.2) is 0 Å². The molecule has 0 bridgehead atoms. The van der Waals surface area contributed by atoms with Gasteiger partial charge in [-0.15, -0.1) is 0 Å². The maximum atomic E-state index is 6.02. The minimum Gasteiger partial charge on any atom is -0.361 e. The Morgan fingerprint density at radius 2 is 2.14 bits per heavy atom. The van der Waals surface area contributed by atoms with Crippen molar-refractivity contribution in [2.45, 2.75) is 45.6 Å². The highest BCUT2D eigenvalue weighted by Crippen LogP contribution is 2.42. The molecule has 1 saturated carbocycles. The van der Waals surface area contributed by atoms with Crippen molar-refractivity contribution < 1.29 is 4.52 Å². The predicted molar refractivity (Wildman–Crippen MR) is 54.8 cm³/mol. The summed E-state index contributed by atoms with van der Waals surface area (Å²) in [5.74, 6) is 0.948. The Bertz CT molecular complexity index is 331. The van der Waals surface area contributed by atoms with Gasteiger partial charge in [0, 0.05) is 12.5 Å². The molecule has 0 radical (unpaired) electrons. The van der Waals surface area contributed by atoms with Gasteiger partial charge < -0.3 is 10.3 Å². The summed E-state index contributed by atoms with van der Waals surface area (Å²) in [5, 5.41) is 4.03. The molecule has 0 aromatic carbocycles. The minimum atomic E-state index is -0.167. The third-order valence-electron chi connectivity index (χ3n) is 2.56. The van der Waals surface area contributed by atoms with Gasteiger partial charge in [-0.2, -0.15) is 0 Å². The molecule has 1 aromatic rings. The highest BCUT2D eigenvalue weighted by molar-refractivity contribution is 5.22. The molecule has 1 aliphatic carbocycles. The molecule has 1 aromatic heterocycles. The Labute approximate surface area is 84.7 Å². The number of nitrogens with zero attached hydrogens (tertiary/aromatic N) is 1. The second kappa shape index (κ2) is 2.83.